The van der Waals surface area contributed by atoms with E-state index in [1.807, 2.05) is 18.2 Å². The van der Waals surface area contributed by atoms with E-state index in [4.69, 9.17) is 9.47 Å². The van der Waals surface area contributed by atoms with Crippen LogP contribution in [0.25, 0.3) is 0 Å². The van der Waals surface area contributed by atoms with Crippen LogP contribution in [0.3, 0.4) is 0 Å². The third-order valence-corrected chi connectivity index (χ3v) is 3.23. The summed E-state index contributed by atoms with van der Waals surface area (Å²) in [6.07, 6.45) is -0.547. The number of likely N-dealkylation sites (N-methyl/N-ethyl adjacent to an activating group) is 1. The number of rotatable bonds is 8. The first-order valence-electron chi connectivity index (χ1n) is 6.83. The maximum absolute atomic E-state index is 9.74. The Bertz CT molecular complexity index is 376. The molecule has 1 unspecified atom stereocenters. The molecule has 0 heterocycles. The molecule has 0 bridgehead atoms. The molecule has 4 heteroatoms. The largest absolute Gasteiger partial charge is 0.497 e. The van der Waals surface area contributed by atoms with E-state index in [1.165, 1.54) is 0 Å². The predicted molar refractivity (Wildman–Crippen MR) is 76.9 cm³/mol. The number of methoxy groups -OCH3 is 1. The smallest absolute Gasteiger partial charge is 0.128 e. The SMILES string of the molecule is CCN(CC)CCOc1cc(OC)ccc1C(C)O. The molecule has 0 saturated carbocycles. The standard InChI is InChI=1S/C15H25NO3/c1-5-16(6-2)9-10-19-15-11-13(18-4)7-8-14(15)12(3)17/h7-8,11-12,17H,5-6,9-10H2,1-4H3. The molecule has 108 valence electrons. The van der Waals surface area contributed by atoms with Crippen molar-refractivity contribution in [1.29, 1.82) is 0 Å². The zero-order valence-corrected chi connectivity index (χ0v) is 12.3. The van der Waals surface area contributed by atoms with Crippen molar-refractivity contribution >= 4 is 0 Å². The number of ether oxygens (including phenoxy) is 2. The molecule has 19 heavy (non-hydrogen) atoms. The molecule has 0 spiro atoms. The van der Waals surface area contributed by atoms with Crippen molar-refractivity contribution in [3.05, 3.63) is 23.8 Å². The van der Waals surface area contributed by atoms with Crippen LogP contribution in [0.1, 0.15) is 32.4 Å². The summed E-state index contributed by atoms with van der Waals surface area (Å²) in [5, 5.41) is 9.74. The number of benzene rings is 1. The van der Waals surface area contributed by atoms with Crippen LogP contribution in [0.5, 0.6) is 11.5 Å². The highest BCUT2D eigenvalue weighted by molar-refractivity contribution is 5.41. The summed E-state index contributed by atoms with van der Waals surface area (Å²) in [7, 11) is 1.62. The zero-order valence-electron chi connectivity index (χ0n) is 12.3. The summed E-state index contributed by atoms with van der Waals surface area (Å²) < 4.78 is 11.0. The van der Waals surface area contributed by atoms with E-state index < -0.39 is 6.10 Å². The Hall–Kier alpha value is -1.26. The number of hydrogen-bond donors (Lipinski definition) is 1. The maximum Gasteiger partial charge on any atom is 0.128 e. The molecule has 0 fully saturated rings. The van der Waals surface area contributed by atoms with Crippen LogP contribution >= 0.6 is 0 Å². The van der Waals surface area contributed by atoms with Crippen LogP contribution in [0.15, 0.2) is 18.2 Å². The van der Waals surface area contributed by atoms with E-state index in [0.29, 0.717) is 12.4 Å². The number of hydrogen-bond acceptors (Lipinski definition) is 4. The molecule has 1 aromatic rings. The first kappa shape index (κ1) is 15.8. The summed E-state index contributed by atoms with van der Waals surface area (Å²) in [6, 6.07) is 5.50. The fraction of sp³-hybridized carbons (Fsp3) is 0.600. The minimum absolute atomic E-state index is 0.547. The molecule has 1 N–H and O–H groups in total. The van der Waals surface area contributed by atoms with E-state index in [2.05, 4.69) is 18.7 Å². The lowest BCUT2D eigenvalue weighted by atomic mass is 10.1. The molecular weight excluding hydrogens is 242 g/mol. The highest BCUT2D eigenvalue weighted by atomic mass is 16.5. The van der Waals surface area contributed by atoms with E-state index in [-0.39, 0.29) is 0 Å². The van der Waals surface area contributed by atoms with Gasteiger partial charge in [-0.2, -0.15) is 0 Å². The Morgan fingerprint density at radius 3 is 2.47 bits per heavy atom. The molecule has 0 amide bonds. The second-order valence-electron chi connectivity index (χ2n) is 4.46. The highest BCUT2D eigenvalue weighted by Crippen LogP contribution is 2.29. The van der Waals surface area contributed by atoms with Gasteiger partial charge in [0.15, 0.2) is 0 Å². The Morgan fingerprint density at radius 1 is 1.26 bits per heavy atom. The van der Waals surface area contributed by atoms with Gasteiger partial charge in [0.25, 0.3) is 0 Å². The normalized spacial score (nSPS) is 12.5. The molecule has 1 atom stereocenters. The van der Waals surface area contributed by atoms with E-state index in [1.54, 1.807) is 14.0 Å². The monoisotopic (exact) mass is 267 g/mol. The van der Waals surface area contributed by atoms with Crippen LogP contribution in [0.4, 0.5) is 0 Å². The van der Waals surface area contributed by atoms with Crippen molar-refractivity contribution in [2.45, 2.75) is 26.9 Å². The van der Waals surface area contributed by atoms with Gasteiger partial charge in [0.05, 0.1) is 13.2 Å². The van der Waals surface area contributed by atoms with E-state index >= 15 is 0 Å². The van der Waals surface area contributed by atoms with Gasteiger partial charge in [0.1, 0.15) is 18.1 Å². The topological polar surface area (TPSA) is 41.9 Å². The van der Waals surface area contributed by atoms with Gasteiger partial charge in [-0.05, 0) is 32.1 Å². The second-order valence-corrected chi connectivity index (χ2v) is 4.46. The van der Waals surface area contributed by atoms with Crippen molar-refractivity contribution in [3.63, 3.8) is 0 Å². The minimum atomic E-state index is -0.547. The number of aliphatic hydroxyl groups excluding tert-OH is 1. The minimum Gasteiger partial charge on any atom is -0.497 e. The lowest BCUT2D eigenvalue weighted by Crippen LogP contribution is -2.28. The number of nitrogens with zero attached hydrogens (tertiary/aromatic N) is 1. The third kappa shape index (κ3) is 4.73. The summed E-state index contributed by atoms with van der Waals surface area (Å²) in [4.78, 5) is 2.29. The quantitative estimate of drug-likeness (QED) is 0.785. The third-order valence-electron chi connectivity index (χ3n) is 3.23. The van der Waals surface area contributed by atoms with Gasteiger partial charge in [0.2, 0.25) is 0 Å². The highest BCUT2D eigenvalue weighted by Gasteiger charge is 2.11. The predicted octanol–water partition coefficient (Wildman–Crippen LogP) is 2.47. The van der Waals surface area contributed by atoms with E-state index in [0.717, 1.165) is 30.9 Å². The Morgan fingerprint density at radius 2 is 1.95 bits per heavy atom. The van der Waals surface area contributed by atoms with Crippen molar-refractivity contribution in [1.82, 2.24) is 4.90 Å². The Balaban J connectivity index is 2.69. The van der Waals surface area contributed by atoms with Crippen LogP contribution < -0.4 is 9.47 Å². The molecular formula is C15H25NO3. The fourth-order valence-corrected chi connectivity index (χ4v) is 1.94. The molecule has 0 saturated heterocycles. The van der Waals surface area contributed by atoms with Crippen molar-refractivity contribution in [2.24, 2.45) is 0 Å². The molecule has 4 nitrogen and oxygen atoms in total. The van der Waals surface area contributed by atoms with Gasteiger partial charge >= 0.3 is 0 Å². The first-order chi connectivity index (χ1) is 9.12. The van der Waals surface area contributed by atoms with Crippen LogP contribution in [0.2, 0.25) is 0 Å². The fourth-order valence-electron chi connectivity index (χ4n) is 1.94. The van der Waals surface area contributed by atoms with Gasteiger partial charge in [-0.15, -0.1) is 0 Å². The Kier molecular flexibility index (Phi) is 6.67. The summed E-state index contributed by atoms with van der Waals surface area (Å²) in [5.74, 6) is 1.43. The van der Waals surface area contributed by atoms with Crippen molar-refractivity contribution in [3.8, 4) is 11.5 Å². The summed E-state index contributed by atoms with van der Waals surface area (Å²) in [6.45, 7) is 9.52. The molecule has 1 aromatic carbocycles. The van der Waals surface area contributed by atoms with Gasteiger partial charge < -0.3 is 19.5 Å². The molecule has 0 radical (unpaired) electrons. The lowest BCUT2D eigenvalue weighted by molar-refractivity contribution is 0.184. The zero-order chi connectivity index (χ0) is 14.3. The average Bonchev–Trinajstić information content (AvgIpc) is 2.43. The maximum atomic E-state index is 9.74. The van der Waals surface area contributed by atoms with Gasteiger partial charge in [0, 0.05) is 18.2 Å². The van der Waals surface area contributed by atoms with Crippen LogP contribution in [0, 0.1) is 0 Å². The van der Waals surface area contributed by atoms with Gasteiger partial charge in [-0.1, -0.05) is 13.8 Å². The molecule has 0 aliphatic rings. The summed E-state index contributed by atoms with van der Waals surface area (Å²) in [5.41, 5.74) is 0.792. The van der Waals surface area contributed by atoms with E-state index in [9.17, 15) is 5.11 Å². The molecule has 1 rings (SSSR count). The van der Waals surface area contributed by atoms with Crippen LogP contribution in [-0.2, 0) is 0 Å². The molecule has 0 aliphatic heterocycles. The van der Waals surface area contributed by atoms with Crippen LogP contribution in [-0.4, -0.2) is 43.4 Å². The first-order valence-corrected chi connectivity index (χ1v) is 6.83. The molecule has 0 aromatic heterocycles. The van der Waals surface area contributed by atoms with Crippen molar-refractivity contribution in [2.75, 3.05) is 33.4 Å². The number of aliphatic hydroxyl groups is 1. The average molecular weight is 267 g/mol. The van der Waals surface area contributed by atoms with Gasteiger partial charge in [-0.3, -0.25) is 0 Å². The lowest BCUT2D eigenvalue weighted by Gasteiger charge is -2.19. The van der Waals surface area contributed by atoms with Gasteiger partial charge in [-0.25, -0.2) is 0 Å². The van der Waals surface area contributed by atoms with Crippen molar-refractivity contribution < 1.29 is 14.6 Å². The Labute approximate surface area is 115 Å². The molecule has 0 aliphatic carbocycles. The summed E-state index contributed by atoms with van der Waals surface area (Å²) >= 11 is 0. The second kappa shape index (κ2) is 8.02.